The maximum absolute atomic E-state index is 13.6. The first-order valence-corrected chi connectivity index (χ1v) is 18.3. The third-order valence-electron chi connectivity index (χ3n) is 7.33. The molecule has 48 heavy (non-hydrogen) atoms. The van der Waals surface area contributed by atoms with Gasteiger partial charge in [-0.2, -0.15) is 9.97 Å². The van der Waals surface area contributed by atoms with E-state index in [1.54, 1.807) is 0 Å². The first-order valence-electron chi connectivity index (χ1n) is 13.1. The molecule has 2 unspecified atom stereocenters. The minimum Gasteiger partial charge on any atom is -0.847 e. The molecule has 3 aliphatic rings. The number of imidazole rings is 2. The van der Waals surface area contributed by atoms with Crippen LogP contribution in [0, 0.1) is 0 Å². The zero-order chi connectivity index (χ0) is 32.7. The van der Waals surface area contributed by atoms with E-state index >= 15 is 0 Å². The highest BCUT2D eigenvalue weighted by Crippen LogP contribution is 2.53. The number of nitrogens with two attached hydrogens (primary N) is 2. The van der Waals surface area contributed by atoms with Crippen molar-refractivity contribution in [1.29, 1.82) is 0 Å². The molecule has 28 heteroatoms. The molecule has 0 saturated carbocycles. The predicted octanol–water partition coefficient (Wildman–Crippen LogP) is -3.33. The third kappa shape index (κ3) is 6.42. The average Bonchev–Trinajstić information content (AvgIpc) is 3.72. The lowest BCUT2D eigenvalue weighted by atomic mass is 10.1. The van der Waals surface area contributed by atoms with E-state index in [2.05, 4.69) is 29.9 Å². The minimum atomic E-state index is -4.27. The summed E-state index contributed by atoms with van der Waals surface area (Å²) in [6, 6.07) is 0. The van der Waals surface area contributed by atoms with Crippen LogP contribution in [-0.4, -0.2) is 98.7 Å². The van der Waals surface area contributed by atoms with Crippen LogP contribution < -0.4 is 45.1 Å². The Balaban J connectivity index is 0.00000225. The second-order valence-electron chi connectivity index (χ2n) is 10.3. The number of nitrogens with zero attached hydrogens (tertiary/aromatic N) is 6. The summed E-state index contributed by atoms with van der Waals surface area (Å²) < 4.78 is 36.2. The van der Waals surface area contributed by atoms with Crippen LogP contribution in [-0.2, 0) is 51.2 Å². The number of hydrogen-bond acceptors (Lipinski definition) is 18. The molecule has 0 spiro atoms. The van der Waals surface area contributed by atoms with Crippen molar-refractivity contribution >= 4 is 71.3 Å². The van der Waals surface area contributed by atoms with Crippen molar-refractivity contribution in [3.63, 3.8) is 0 Å². The molecule has 16 N–H and O–H groups in total. The summed E-state index contributed by atoms with van der Waals surface area (Å²) in [7, 11) is 0. The molecule has 24 nitrogen and oxygen atoms in total. The zero-order valence-corrected chi connectivity index (χ0v) is 28.1. The monoisotopic (exact) mass is 756 g/mol. The van der Waals surface area contributed by atoms with Crippen molar-refractivity contribution in [3.05, 3.63) is 33.4 Å². The maximum atomic E-state index is 13.6. The Morgan fingerprint density at radius 1 is 0.792 bits per heavy atom. The SMILES string of the molecule is Nc1nc2c(ncn2[C@@H]2O[C@@H]3COP(O)(=S)O[C@@H]4[C@H]([O-])[C@@H](n5cnc6c(=O)[nH]c(N)nc65)O[C@H]4COP(O)(=S)O[C@H]3[C@H]2[O-])c(=O)[nH]1.[NH4+].[NH4+]. The van der Waals surface area contributed by atoms with Gasteiger partial charge in [0.2, 0.25) is 11.9 Å². The number of rotatable bonds is 2. The Hall–Kier alpha value is -2.88. The number of hydrogen-bond donors (Lipinski definition) is 8. The normalized spacial score (nSPS) is 35.6. The van der Waals surface area contributed by atoms with Gasteiger partial charge in [0.05, 0.1) is 38.1 Å². The molecule has 0 aromatic carbocycles. The fraction of sp³-hybridized carbons (Fsp3) is 0.500. The summed E-state index contributed by atoms with van der Waals surface area (Å²) in [5.74, 6) is -0.491. The van der Waals surface area contributed by atoms with E-state index in [0.717, 1.165) is 21.8 Å². The Morgan fingerprint density at radius 3 is 1.54 bits per heavy atom. The van der Waals surface area contributed by atoms with Crippen LogP contribution in [0.1, 0.15) is 12.5 Å². The maximum Gasteiger partial charge on any atom is 0.324 e. The summed E-state index contributed by atoms with van der Waals surface area (Å²) in [5, 5.41) is 27.3. The number of nitrogen functional groups attached to an aromatic ring is 2. The first-order chi connectivity index (χ1) is 21.7. The van der Waals surface area contributed by atoms with E-state index in [1.807, 2.05) is 0 Å². The molecule has 7 heterocycles. The number of quaternary nitrogens is 2. The van der Waals surface area contributed by atoms with Gasteiger partial charge in [-0.3, -0.25) is 28.7 Å². The Labute approximate surface area is 277 Å². The number of ether oxygens (including phenoxy) is 2. The van der Waals surface area contributed by atoms with Gasteiger partial charge >= 0.3 is 13.4 Å². The standard InChI is InChI=1S/C20H22N10O12P2S2.2H3N/c21-19-25-13-7(15(33)27-19)23-3-29(13)17-9(31)11-5(39-17)1-37-43(35,45)42-12-6(2-38-44(36,46)41-11)40-18(10(12)32)30-4-24-8-14(30)26-20(22)28-16(8)34;;/h3-6,9-12,17-18H,1-2H2,(H,35,45)(H,36,46)(H3,21,25,27,33)(H3,22,26,28,34);2*1H3/q-2;;/p+2/t5-,6+,9-,10+,11-,12+,17-,18+,43?,44?;;. The second-order valence-corrected chi connectivity index (χ2v) is 15.9. The van der Waals surface area contributed by atoms with Gasteiger partial charge in [0.25, 0.3) is 11.1 Å². The summed E-state index contributed by atoms with van der Waals surface area (Å²) in [6.07, 6.45) is -10.1. The van der Waals surface area contributed by atoms with E-state index in [0.29, 0.717) is 0 Å². The summed E-state index contributed by atoms with van der Waals surface area (Å²) in [6.45, 7) is -9.81. The van der Waals surface area contributed by atoms with E-state index in [-0.39, 0.29) is 46.5 Å². The smallest absolute Gasteiger partial charge is 0.324 e. The van der Waals surface area contributed by atoms with Crippen LogP contribution in [0.15, 0.2) is 22.2 Å². The number of aromatic amines is 2. The van der Waals surface area contributed by atoms with Crippen LogP contribution in [0.4, 0.5) is 11.9 Å². The van der Waals surface area contributed by atoms with Gasteiger partial charge in [0, 0.05) is 0 Å². The van der Waals surface area contributed by atoms with Crippen LogP contribution in [0.5, 0.6) is 0 Å². The van der Waals surface area contributed by atoms with Crippen molar-refractivity contribution in [2.45, 2.75) is 49.1 Å². The summed E-state index contributed by atoms with van der Waals surface area (Å²) in [5.41, 5.74) is 9.58. The van der Waals surface area contributed by atoms with Crippen LogP contribution in [0.25, 0.3) is 22.3 Å². The van der Waals surface area contributed by atoms with Crippen molar-refractivity contribution in [2.24, 2.45) is 0 Å². The average molecular weight is 757 g/mol. The van der Waals surface area contributed by atoms with Crippen LogP contribution in [0.2, 0.25) is 0 Å². The molecule has 0 bridgehead atoms. The van der Waals surface area contributed by atoms with E-state index in [9.17, 15) is 29.6 Å². The highest BCUT2D eigenvalue weighted by Gasteiger charge is 2.48. The molecule has 3 saturated heterocycles. The van der Waals surface area contributed by atoms with E-state index in [4.69, 9.17) is 62.6 Å². The van der Waals surface area contributed by atoms with Gasteiger partial charge in [-0.15, -0.1) is 0 Å². The first kappa shape index (κ1) is 36.4. The molecule has 10 atom stereocenters. The predicted molar refractivity (Wildman–Crippen MR) is 167 cm³/mol. The molecular formula is C20H30N12O12P2S2. The lowest BCUT2D eigenvalue weighted by Crippen LogP contribution is -2.46. The second kappa shape index (κ2) is 13.1. The summed E-state index contributed by atoms with van der Waals surface area (Å²) >= 11 is 10.3. The Bertz CT molecular complexity index is 1920. The third-order valence-corrected chi connectivity index (χ3v) is 10.5. The van der Waals surface area contributed by atoms with Crippen molar-refractivity contribution in [2.75, 3.05) is 24.7 Å². The van der Waals surface area contributed by atoms with E-state index < -0.39 is 86.8 Å². The van der Waals surface area contributed by atoms with Gasteiger partial charge in [-0.25, -0.2) is 9.97 Å². The lowest BCUT2D eigenvalue weighted by Gasteiger charge is -2.34. The highest BCUT2D eigenvalue weighted by molar-refractivity contribution is 8.07. The van der Waals surface area contributed by atoms with Crippen molar-refractivity contribution in [3.8, 4) is 0 Å². The molecule has 3 aliphatic heterocycles. The fourth-order valence-corrected chi connectivity index (χ4v) is 8.23. The van der Waals surface area contributed by atoms with Gasteiger partial charge in [0.15, 0.2) is 22.3 Å². The van der Waals surface area contributed by atoms with Gasteiger partial charge in [-0.05, 0) is 35.8 Å². The topological polar surface area (TPSA) is 394 Å². The van der Waals surface area contributed by atoms with Crippen LogP contribution in [0.3, 0.4) is 0 Å². The van der Waals surface area contributed by atoms with Gasteiger partial charge in [0.1, 0.15) is 24.7 Å². The van der Waals surface area contributed by atoms with Crippen LogP contribution >= 0.6 is 13.4 Å². The molecule has 0 radical (unpaired) electrons. The molecule has 0 aliphatic carbocycles. The molecule has 7 rings (SSSR count). The summed E-state index contributed by atoms with van der Waals surface area (Å²) in [4.78, 5) is 67.0. The molecule has 4 aromatic rings. The Kier molecular flexibility index (Phi) is 9.94. The quantitative estimate of drug-likeness (QED) is 0.0927. The number of anilines is 2. The van der Waals surface area contributed by atoms with Gasteiger partial charge < -0.3 is 71.3 Å². The molecule has 0 amide bonds. The minimum absolute atomic E-state index is 0. The molecule has 3 fully saturated rings. The highest BCUT2D eigenvalue weighted by atomic mass is 32.5. The lowest BCUT2D eigenvalue weighted by molar-refractivity contribution is -0.445. The fourth-order valence-electron chi connectivity index (χ4n) is 5.35. The zero-order valence-electron chi connectivity index (χ0n) is 24.7. The number of aromatic nitrogens is 8. The largest absolute Gasteiger partial charge is 0.847 e. The molecule has 264 valence electrons. The molecular weight excluding hydrogens is 726 g/mol. The van der Waals surface area contributed by atoms with Crippen molar-refractivity contribution in [1.82, 2.24) is 51.3 Å². The van der Waals surface area contributed by atoms with E-state index in [1.165, 1.54) is 0 Å². The number of fused-ring (bicyclic) bond motifs is 4. The molecule has 4 aromatic heterocycles. The van der Waals surface area contributed by atoms with Gasteiger partial charge in [-0.1, -0.05) is 0 Å². The van der Waals surface area contributed by atoms with Crippen molar-refractivity contribution < 1.29 is 47.6 Å². The number of H-pyrrole nitrogens is 2. The Morgan fingerprint density at radius 2 is 1.17 bits per heavy atom. The number of nitrogens with one attached hydrogen (secondary N) is 2.